The summed E-state index contributed by atoms with van der Waals surface area (Å²) in [6, 6.07) is 12.9. The summed E-state index contributed by atoms with van der Waals surface area (Å²) < 4.78 is 0. The van der Waals surface area contributed by atoms with Crippen molar-refractivity contribution < 1.29 is 29.6 Å². The monoisotopic (exact) mass is 274 g/mol. The van der Waals surface area contributed by atoms with E-state index in [1.54, 1.807) is 6.20 Å². The summed E-state index contributed by atoms with van der Waals surface area (Å²) in [4.78, 5) is 23.3. The topological polar surface area (TPSA) is 80.1 Å². The van der Waals surface area contributed by atoms with Crippen LogP contribution in [0.2, 0.25) is 0 Å². The second-order valence-corrected chi connectivity index (χ2v) is 3.83. The Kier molecular flexibility index (Phi) is 4.73. The summed E-state index contributed by atoms with van der Waals surface area (Å²) in [7, 11) is 0. The van der Waals surface area contributed by atoms with Gasteiger partial charge in [0.1, 0.15) is 5.69 Å². The Morgan fingerprint density at radius 3 is 2.55 bits per heavy atom. The Bertz CT molecular complexity index is 735. The molecule has 0 fully saturated rings. The van der Waals surface area contributed by atoms with Gasteiger partial charge >= 0.3 is 29.6 Å². The number of pyridine rings is 1. The number of nitrogens with zero attached hydrogens (tertiary/aromatic N) is 4. The Labute approximate surface area is 136 Å². The number of nitrogens with one attached hydrogen (secondary N) is 1. The van der Waals surface area contributed by atoms with Crippen LogP contribution in [0.25, 0.3) is 22.4 Å². The first-order valence-corrected chi connectivity index (χ1v) is 5.65. The van der Waals surface area contributed by atoms with Crippen LogP contribution >= 0.6 is 0 Å². The van der Waals surface area contributed by atoms with E-state index in [9.17, 15) is 4.91 Å². The van der Waals surface area contributed by atoms with E-state index in [1.807, 2.05) is 42.5 Å². The molecular formula is C13H9N5NaO+. The fraction of sp³-hybridized carbons (Fsp3) is 0. The zero-order chi connectivity index (χ0) is 13.1. The molecule has 2 heterocycles. The van der Waals surface area contributed by atoms with Crippen LogP contribution in [0.4, 0.5) is 5.82 Å². The van der Waals surface area contributed by atoms with Crippen LogP contribution in [-0.4, -0.2) is 15.0 Å². The van der Waals surface area contributed by atoms with E-state index in [-0.39, 0.29) is 29.6 Å². The van der Waals surface area contributed by atoms with Gasteiger partial charge in [-0.2, -0.15) is 0 Å². The van der Waals surface area contributed by atoms with Crippen molar-refractivity contribution in [2.75, 3.05) is 5.43 Å². The number of fused-ring (bicyclic) bond motifs is 1. The average molecular weight is 274 g/mol. The molecule has 92 valence electrons. The van der Waals surface area contributed by atoms with Crippen LogP contribution in [0.5, 0.6) is 0 Å². The molecule has 0 aliphatic rings. The van der Waals surface area contributed by atoms with Crippen LogP contribution in [0.1, 0.15) is 0 Å². The molecule has 0 aliphatic carbocycles. The number of rotatable bonds is 3. The number of hydrogen-bond acceptors (Lipinski definition) is 5. The Balaban J connectivity index is 0.00000147. The summed E-state index contributed by atoms with van der Waals surface area (Å²) in [6.45, 7) is 0. The van der Waals surface area contributed by atoms with E-state index in [0.717, 1.165) is 10.9 Å². The predicted octanol–water partition coefficient (Wildman–Crippen LogP) is -0.211. The largest absolute Gasteiger partial charge is 1.00 e. The normalized spacial score (nSPS) is 9.80. The van der Waals surface area contributed by atoms with Crippen molar-refractivity contribution in [1.82, 2.24) is 15.0 Å². The van der Waals surface area contributed by atoms with Gasteiger partial charge in [-0.25, -0.2) is 15.4 Å². The quantitative estimate of drug-likeness (QED) is 0.406. The van der Waals surface area contributed by atoms with Gasteiger partial charge in [0.2, 0.25) is 0 Å². The third-order valence-electron chi connectivity index (χ3n) is 2.65. The maximum absolute atomic E-state index is 10.4. The minimum Gasteiger partial charge on any atom is -0.253 e. The predicted molar refractivity (Wildman–Crippen MR) is 72.2 cm³/mol. The smallest absolute Gasteiger partial charge is 0.253 e. The van der Waals surface area contributed by atoms with Gasteiger partial charge in [-0.1, -0.05) is 18.2 Å². The van der Waals surface area contributed by atoms with Crippen molar-refractivity contribution in [2.45, 2.75) is 0 Å². The second kappa shape index (κ2) is 6.51. The van der Waals surface area contributed by atoms with Crippen molar-refractivity contribution in [3.8, 4) is 11.5 Å². The molecule has 3 rings (SSSR count). The average Bonchev–Trinajstić information content (AvgIpc) is 2.48. The molecule has 0 atom stereocenters. The molecule has 0 radical (unpaired) electrons. The third kappa shape index (κ3) is 2.82. The van der Waals surface area contributed by atoms with Gasteiger partial charge in [-0.3, -0.25) is 4.98 Å². The van der Waals surface area contributed by atoms with Crippen molar-refractivity contribution >= 4 is 16.7 Å². The SMILES string of the molecule is O=NNc1nc(-c2ccccn2)nc2ccccc12.[Na+]. The molecule has 0 saturated carbocycles. The number of anilines is 1. The zero-order valence-electron chi connectivity index (χ0n) is 10.8. The van der Waals surface area contributed by atoms with E-state index in [2.05, 4.69) is 25.7 Å². The standard InChI is InChI=1S/C13H9N5O.Na/c19-18-17-12-9-5-1-2-6-10(9)15-13(16-12)11-7-3-4-8-14-11;/h1-8H,(H,15,16,17,19);/q;+1. The van der Waals surface area contributed by atoms with Gasteiger partial charge in [0.05, 0.1) is 10.8 Å². The minimum absolute atomic E-state index is 0. The zero-order valence-corrected chi connectivity index (χ0v) is 12.8. The molecule has 0 saturated heterocycles. The summed E-state index contributed by atoms with van der Waals surface area (Å²) in [5, 5.41) is 3.42. The first kappa shape index (κ1) is 14.5. The first-order valence-electron chi connectivity index (χ1n) is 5.65. The molecule has 7 heteroatoms. The Hall–Kier alpha value is -1.89. The summed E-state index contributed by atoms with van der Waals surface area (Å²) in [6.07, 6.45) is 1.67. The molecule has 20 heavy (non-hydrogen) atoms. The van der Waals surface area contributed by atoms with E-state index >= 15 is 0 Å². The maximum Gasteiger partial charge on any atom is 1.00 e. The molecule has 3 aromatic rings. The molecule has 0 aliphatic heterocycles. The van der Waals surface area contributed by atoms with Gasteiger partial charge in [0.25, 0.3) is 0 Å². The van der Waals surface area contributed by atoms with E-state index in [0.29, 0.717) is 17.3 Å². The van der Waals surface area contributed by atoms with Crippen molar-refractivity contribution in [1.29, 1.82) is 0 Å². The molecule has 0 spiro atoms. The third-order valence-corrected chi connectivity index (χ3v) is 2.65. The van der Waals surface area contributed by atoms with Gasteiger partial charge in [0.15, 0.2) is 11.6 Å². The van der Waals surface area contributed by atoms with Crippen LogP contribution in [0.3, 0.4) is 0 Å². The van der Waals surface area contributed by atoms with Gasteiger partial charge in [-0.05, 0) is 24.3 Å². The summed E-state index contributed by atoms with van der Waals surface area (Å²) in [5.74, 6) is 0.826. The fourth-order valence-corrected chi connectivity index (χ4v) is 1.81. The number of nitroso groups, excluding NO2 is 1. The molecular weight excluding hydrogens is 265 g/mol. The molecule has 1 N–H and O–H groups in total. The number of benzene rings is 1. The maximum atomic E-state index is 10.4. The van der Waals surface area contributed by atoms with E-state index in [4.69, 9.17) is 0 Å². The summed E-state index contributed by atoms with van der Waals surface area (Å²) in [5.41, 5.74) is 3.72. The van der Waals surface area contributed by atoms with Gasteiger partial charge < -0.3 is 0 Å². The Morgan fingerprint density at radius 2 is 1.80 bits per heavy atom. The van der Waals surface area contributed by atoms with Crippen molar-refractivity contribution in [3.05, 3.63) is 53.6 Å². The second-order valence-electron chi connectivity index (χ2n) is 3.83. The van der Waals surface area contributed by atoms with E-state index < -0.39 is 0 Å². The van der Waals surface area contributed by atoms with Crippen LogP contribution in [-0.2, 0) is 0 Å². The molecule has 0 unspecified atom stereocenters. The van der Waals surface area contributed by atoms with Crippen molar-refractivity contribution in [2.24, 2.45) is 5.29 Å². The minimum atomic E-state index is 0. The number of hydrogen-bond donors (Lipinski definition) is 1. The number of aromatic nitrogens is 3. The van der Waals surface area contributed by atoms with Crippen molar-refractivity contribution in [3.63, 3.8) is 0 Å². The van der Waals surface area contributed by atoms with Crippen LogP contribution in [0, 0.1) is 4.91 Å². The molecule has 2 aromatic heterocycles. The Morgan fingerprint density at radius 1 is 1.00 bits per heavy atom. The van der Waals surface area contributed by atoms with Gasteiger partial charge in [0, 0.05) is 11.6 Å². The number of para-hydroxylation sites is 1. The van der Waals surface area contributed by atoms with Crippen LogP contribution < -0.4 is 35.0 Å². The summed E-state index contributed by atoms with van der Waals surface area (Å²) >= 11 is 0. The van der Waals surface area contributed by atoms with E-state index in [1.165, 1.54) is 0 Å². The van der Waals surface area contributed by atoms with Crippen LogP contribution in [0.15, 0.2) is 53.9 Å². The molecule has 1 aromatic carbocycles. The molecule has 6 nitrogen and oxygen atoms in total. The van der Waals surface area contributed by atoms with Gasteiger partial charge in [-0.15, -0.1) is 4.91 Å². The first-order chi connectivity index (χ1) is 9.38. The fourth-order valence-electron chi connectivity index (χ4n) is 1.81. The molecule has 0 bridgehead atoms. The molecule has 0 amide bonds.